The molecule has 28 heavy (non-hydrogen) atoms. The second-order valence-corrected chi connectivity index (χ2v) is 7.93. The first kappa shape index (κ1) is 20.2. The lowest BCUT2D eigenvalue weighted by Gasteiger charge is -2.31. The average molecular weight is 381 g/mol. The van der Waals surface area contributed by atoms with Crippen molar-refractivity contribution in [3.05, 3.63) is 48.0 Å². The number of aliphatic imine (C=N–C) groups is 1. The predicted molar refractivity (Wildman–Crippen MR) is 117 cm³/mol. The molecule has 0 radical (unpaired) electrons. The Morgan fingerprint density at radius 3 is 2.50 bits per heavy atom. The summed E-state index contributed by atoms with van der Waals surface area (Å²) in [6.07, 6.45) is 5.06. The highest BCUT2D eigenvalue weighted by atomic mass is 16.2. The Labute approximate surface area is 168 Å². The van der Waals surface area contributed by atoms with Crippen molar-refractivity contribution in [3.63, 3.8) is 0 Å². The molecule has 5 heteroatoms. The van der Waals surface area contributed by atoms with Gasteiger partial charge in [0.2, 0.25) is 5.91 Å². The smallest absolute Gasteiger partial charge is 0.230 e. The molecule has 0 bridgehead atoms. The van der Waals surface area contributed by atoms with Gasteiger partial charge in [-0.25, -0.2) is 0 Å². The van der Waals surface area contributed by atoms with Gasteiger partial charge >= 0.3 is 0 Å². The summed E-state index contributed by atoms with van der Waals surface area (Å²) in [5.74, 6) is 0.988. The fraction of sp³-hybridized carbons (Fsp3) is 0.478. The minimum absolute atomic E-state index is 0.226. The molecule has 0 atom stereocenters. The van der Waals surface area contributed by atoms with Gasteiger partial charge in [0.05, 0.1) is 5.41 Å². The molecule has 1 aliphatic rings. The highest BCUT2D eigenvalue weighted by molar-refractivity contribution is 5.86. The Kier molecular flexibility index (Phi) is 6.55. The number of carbonyl (C=O) groups excluding carboxylic acids is 1. The van der Waals surface area contributed by atoms with Crippen molar-refractivity contribution in [2.75, 3.05) is 34.2 Å². The number of benzene rings is 2. The Hall–Kier alpha value is -2.56. The van der Waals surface area contributed by atoms with Gasteiger partial charge in [0.1, 0.15) is 0 Å². The van der Waals surface area contributed by atoms with Gasteiger partial charge in [0, 0.05) is 34.2 Å². The summed E-state index contributed by atoms with van der Waals surface area (Å²) >= 11 is 0. The van der Waals surface area contributed by atoms with Crippen LogP contribution in [0.3, 0.4) is 0 Å². The molecule has 0 unspecified atom stereocenters. The first-order valence-electron chi connectivity index (χ1n) is 10.2. The van der Waals surface area contributed by atoms with Crippen molar-refractivity contribution >= 4 is 22.6 Å². The van der Waals surface area contributed by atoms with Gasteiger partial charge in [-0.2, -0.15) is 0 Å². The van der Waals surface area contributed by atoms with E-state index in [0.717, 1.165) is 44.6 Å². The molecular weight excluding hydrogens is 348 g/mol. The molecule has 0 aromatic heterocycles. The molecule has 0 spiro atoms. The minimum atomic E-state index is -0.295. The molecule has 1 aliphatic carbocycles. The van der Waals surface area contributed by atoms with E-state index in [1.54, 1.807) is 11.9 Å². The van der Waals surface area contributed by atoms with E-state index < -0.39 is 0 Å². The van der Waals surface area contributed by atoms with Gasteiger partial charge in [-0.3, -0.25) is 9.79 Å². The highest BCUT2D eigenvalue weighted by Gasteiger charge is 2.42. The van der Waals surface area contributed by atoms with Crippen molar-refractivity contribution in [2.24, 2.45) is 10.4 Å². The Morgan fingerprint density at radius 2 is 1.79 bits per heavy atom. The molecule has 1 saturated carbocycles. The minimum Gasteiger partial charge on any atom is -0.356 e. The first-order chi connectivity index (χ1) is 13.6. The van der Waals surface area contributed by atoms with Crippen molar-refractivity contribution in [1.82, 2.24) is 15.5 Å². The van der Waals surface area contributed by atoms with Gasteiger partial charge in [0.25, 0.3) is 0 Å². The molecule has 2 N–H and O–H groups in total. The van der Waals surface area contributed by atoms with Crippen molar-refractivity contribution in [3.8, 4) is 0 Å². The highest BCUT2D eigenvalue weighted by Crippen LogP contribution is 2.38. The third-order valence-corrected chi connectivity index (χ3v) is 5.81. The third-order valence-electron chi connectivity index (χ3n) is 5.81. The molecule has 1 amide bonds. The Morgan fingerprint density at radius 1 is 1.07 bits per heavy atom. The van der Waals surface area contributed by atoms with E-state index in [0.29, 0.717) is 6.54 Å². The summed E-state index contributed by atoms with van der Waals surface area (Å²) in [5.41, 5.74) is 1.03. The quantitative estimate of drug-likeness (QED) is 0.598. The number of nitrogens with one attached hydrogen (secondary N) is 2. The van der Waals surface area contributed by atoms with Gasteiger partial charge in [-0.15, -0.1) is 0 Å². The fourth-order valence-corrected chi connectivity index (χ4v) is 4.29. The second-order valence-electron chi connectivity index (χ2n) is 7.93. The number of rotatable bonds is 6. The molecule has 0 aliphatic heterocycles. The van der Waals surface area contributed by atoms with Gasteiger partial charge in [-0.1, -0.05) is 55.3 Å². The van der Waals surface area contributed by atoms with Crippen LogP contribution in [0, 0.1) is 5.41 Å². The molecule has 0 saturated heterocycles. The van der Waals surface area contributed by atoms with E-state index in [4.69, 9.17) is 0 Å². The summed E-state index contributed by atoms with van der Waals surface area (Å²) in [6, 6.07) is 14.9. The lowest BCUT2D eigenvalue weighted by Crippen LogP contribution is -2.49. The van der Waals surface area contributed by atoms with Crippen LogP contribution in [0.4, 0.5) is 0 Å². The topological polar surface area (TPSA) is 56.7 Å². The molecular formula is C23H32N4O. The van der Waals surface area contributed by atoms with Crippen LogP contribution in [0.5, 0.6) is 0 Å². The SMILES string of the molecule is CN=C(NCCc1cccc2ccccc12)NCC1(C(=O)N(C)C)CCCC1. The van der Waals surface area contributed by atoms with Gasteiger partial charge < -0.3 is 15.5 Å². The van der Waals surface area contributed by atoms with Crippen LogP contribution >= 0.6 is 0 Å². The summed E-state index contributed by atoms with van der Waals surface area (Å²) < 4.78 is 0. The van der Waals surface area contributed by atoms with E-state index >= 15 is 0 Å². The van der Waals surface area contributed by atoms with E-state index in [9.17, 15) is 4.79 Å². The van der Waals surface area contributed by atoms with Crippen molar-refractivity contribution < 1.29 is 4.79 Å². The maximum Gasteiger partial charge on any atom is 0.230 e. The Bertz CT molecular complexity index is 832. The van der Waals surface area contributed by atoms with E-state index in [2.05, 4.69) is 58.1 Å². The number of hydrogen-bond acceptors (Lipinski definition) is 2. The zero-order chi connectivity index (χ0) is 20.0. The molecule has 3 rings (SSSR count). The third kappa shape index (κ3) is 4.46. The standard InChI is InChI=1S/C23H32N4O/c1-24-22(26-17-23(14-6-7-15-23)21(28)27(2)3)25-16-13-19-11-8-10-18-9-4-5-12-20(18)19/h4-5,8-12H,6-7,13-17H2,1-3H3,(H2,24,25,26). The van der Waals surface area contributed by atoms with E-state index in [1.165, 1.54) is 16.3 Å². The van der Waals surface area contributed by atoms with Crippen LogP contribution in [0.2, 0.25) is 0 Å². The number of hydrogen-bond donors (Lipinski definition) is 2. The second kappa shape index (κ2) is 9.09. The summed E-state index contributed by atoms with van der Waals surface area (Å²) in [6.45, 7) is 1.43. The number of nitrogens with zero attached hydrogens (tertiary/aromatic N) is 2. The summed E-state index contributed by atoms with van der Waals surface area (Å²) in [4.78, 5) is 18.8. The normalized spacial score (nSPS) is 16.2. The number of amides is 1. The predicted octanol–water partition coefficient (Wildman–Crippen LogP) is 3.20. The molecule has 2 aromatic carbocycles. The molecule has 2 aromatic rings. The fourth-order valence-electron chi connectivity index (χ4n) is 4.29. The van der Waals surface area contributed by atoms with E-state index in [1.807, 2.05) is 14.1 Å². The molecule has 1 fully saturated rings. The van der Waals surface area contributed by atoms with Crippen LogP contribution in [0.25, 0.3) is 10.8 Å². The zero-order valence-electron chi connectivity index (χ0n) is 17.3. The lowest BCUT2D eigenvalue weighted by atomic mass is 9.84. The van der Waals surface area contributed by atoms with Gasteiger partial charge in [0.15, 0.2) is 5.96 Å². The molecule has 0 heterocycles. The average Bonchev–Trinajstić information content (AvgIpc) is 3.20. The molecule has 5 nitrogen and oxygen atoms in total. The maximum absolute atomic E-state index is 12.7. The summed E-state index contributed by atoms with van der Waals surface area (Å²) in [5, 5.41) is 9.38. The summed E-state index contributed by atoms with van der Waals surface area (Å²) in [7, 11) is 5.47. The van der Waals surface area contributed by atoms with Crippen LogP contribution in [-0.4, -0.2) is 51.0 Å². The van der Waals surface area contributed by atoms with Crippen molar-refractivity contribution in [1.29, 1.82) is 0 Å². The largest absolute Gasteiger partial charge is 0.356 e. The number of carbonyl (C=O) groups is 1. The van der Waals surface area contributed by atoms with Crippen LogP contribution in [0.1, 0.15) is 31.2 Å². The maximum atomic E-state index is 12.7. The zero-order valence-corrected chi connectivity index (χ0v) is 17.3. The monoisotopic (exact) mass is 380 g/mol. The van der Waals surface area contributed by atoms with Crippen LogP contribution in [0.15, 0.2) is 47.5 Å². The van der Waals surface area contributed by atoms with Crippen LogP contribution in [-0.2, 0) is 11.2 Å². The molecule has 150 valence electrons. The Balaban J connectivity index is 1.57. The number of fused-ring (bicyclic) bond motifs is 1. The lowest BCUT2D eigenvalue weighted by molar-refractivity contribution is -0.138. The number of guanidine groups is 1. The van der Waals surface area contributed by atoms with Gasteiger partial charge in [-0.05, 0) is 35.6 Å². The first-order valence-corrected chi connectivity index (χ1v) is 10.2. The van der Waals surface area contributed by atoms with Crippen LogP contribution < -0.4 is 10.6 Å². The van der Waals surface area contributed by atoms with Crippen molar-refractivity contribution in [2.45, 2.75) is 32.1 Å². The van der Waals surface area contributed by atoms with E-state index in [-0.39, 0.29) is 11.3 Å².